The maximum atomic E-state index is 13.3. The van der Waals surface area contributed by atoms with Gasteiger partial charge in [0.1, 0.15) is 0 Å². The van der Waals surface area contributed by atoms with E-state index in [1.54, 1.807) is 48.5 Å². The predicted molar refractivity (Wildman–Crippen MR) is 122 cm³/mol. The van der Waals surface area contributed by atoms with Crippen LogP contribution in [0, 0.1) is 6.92 Å². The molecule has 0 aliphatic heterocycles. The summed E-state index contributed by atoms with van der Waals surface area (Å²) < 4.78 is 26.7. The van der Waals surface area contributed by atoms with E-state index in [0.717, 1.165) is 5.56 Å². The van der Waals surface area contributed by atoms with E-state index in [-0.39, 0.29) is 27.1 Å². The first kappa shape index (κ1) is 21.7. The van der Waals surface area contributed by atoms with E-state index in [2.05, 4.69) is 10.5 Å². The third-order valence-electron chi connectivity index (χ3n) is 4.87. The molecule has 162 valence electrons. The first-order chi connectivity index (χ1) is 15.3. The molecule has 0 unspecified atom stereocenters. The Kier molecular flexibility index (Phi) is 5.82. The lowest BCUT2D eigenvalue weighted by Gasteiger charge is -2.12. The van der Waals surface area contributed by atoms with Gasteiger partial charge >= 0.3 is 0 Å². The molecule has 3 aromatic carbocycles. The minimum atomic E-state index is -4.06. The van der Waals surface area contributed by atoms with Crippen LogP contribution in [0.1, 0.15) is 11.1 Å². The van der Waals surface area contributed by atoms with Crippen LogP contribution in [-0.2, 0) is 21.1 Å². The summed E-state index contributed by atoms with van der Waals surface area (Å²) in [5, 5.41) is 4.55. The number of carbonyl (C=O) groups is 1. The lowest BCUT2D eigenvalue weighted by Crippen LogP contribution is -2.37. The Labute approximate surface area is 189 Å². The summed E-state index contributed by atoms with van der Waals surface area (Å²) in [7, 11) is -4.06. The maximum Gasteiger partial charge on any atom is 0.294 e. The standard InChI is InChI=1S/C23H18ClN3O4S/c1-15-6-12-18(13-7-15)32(30,31)22-19-4-2-3-5-20(19)23(29)27(26-22)25-21(28)14-16-8-10-17(24)11-9-16/h2-13H,14H2,1H3,(H,25,28). The van der Waals surface area contributed by atoms with E-state index in [4.69, 9.17) is 11.6 Å². The first-order valence-corrected chi connectivity index (χ1v) is 11.5. The summed E-state index contributed by atoms with van der Waals surface area (Å²) in [6.45, 7) is 1.85. The first-order valence-electron chi connectivity index (χ1n) is 9.64. The molecule has 1 aromatic heterocycles. The summed E-state index contributed by atoms with van der Waals surface area (Å²) in [4.78, 5) is 26.1. The number of hydrogen-bond acceptors (Lipinski definition) is 5. The van der Waals surface area contributed by atoms with Crippen molar-refractivity contribution in [3.05, 3.63) is 99.3 Å². The molecule has 4 rings (SSSR count). The van der Waals surface area contributed by atoms with Crippen LogP contribution in [0.3, 0.4) is 0 Å². The van der Waals surface area contributed by atoms with E-state index in [9.17, 15) is 18.0 Å². The van der Waals surface area contributed by atoms with Crippen LogP contribution in [0.2, 0.25) is 5.02 Å². The van der Waals surface area contributed by atoms with Gasteiger partial charge in [-0.1, -0.05) is 59.6 Å². The second-order valence-electron chi connectivity index (χ2n) is 7.22. The van der Waals surface area contributed by atoms with Crippen LogP contribution in [0.4, 0.5) is 0 Å². The number of carbonyl (C=O) groups excluding carboxylic acids is 1. The van der Waals surface area contributed by atoms with Crippen LogP contribution >= 0.6 is 11.6 Å². The third-order valence-corrected chi connectivity index (χ3v) is 6.82. The Morgan fingerprint density at radius 3 is 2.25 bits per heavy atom. The van der Waals surface area contributed by atoms with E-state index in [1.165, 1.54) is 24.3 Å². The second-order valence-corrected chi connectivity index (χ2v) is 9.52. The number of fused-ring (bicyclic) bond motifs is 1. The molecule has 0 atom stereocenters. The molecule has 0 saturated carbocycles. The van der Waals surface area contributed by atoms with Gasteiger partial charge in [-0.05, 0) is 42.8 Å². The fraction of sp³-hybridized carbons (Fsp3) is 0.0870. The van der Waals surface area contributed by atoms with Crippen molar-refractivity contribution in [1.82, 2.24) is 9.89 Å². The molecule has 1 heterocycles. The van der Waals surface area contributed by atoms with Crippen LogP contribution in [0.25, 0.3) is 10.8 Å². The summed E-state index contributed by atoms with van der Waals surface area (Å²) in [5.41, 5.74) is 3.34. The van der Waals surface area contributed by atoms with Crippen molar-refractivity contribution < 1.29 is 13.2 Å². The van der Waals surface area contributed by atoms with Crippen molar-refractivity contribution in [3.63, 3.8) is 0 Å². The van der Waals surface area contributed by atoms with Gasteiger partial charge in [0.25, 0.3) is 5.56 Å². The molecular formula is C23H18ClN3O4S. The van der Waals surface area contributed by atoms with Gasteiger partial charge in [0.2, 0.25) is 15.7 Å². The number of aromatic nitrogens is 2. The number of nitrogens with one attached hydrogen (secondary N) is 1. The average Bonchev–Trinajstić information content (AvgIpc) is 2.77. The number of amides is 1. The van der Waals surface area contributed by atoms with Crippen LogP contribution in [0.15, 0.2) is 87.5 Å². The van der Waals surface area contributed by atoms with Gasteiger partial charge < -0.3 is 0 Å². The number of rotatable bonds is 5. The molecule has 4 aromatic rings. The monoisotopic (exact) mass is 467 g/mol. The highest BCUT2D eigenvalue weighted by Gasteiger charge is 2.25. The number of benzene rings is 3. The van der Waals surface area contributed by atoms with E-state index in [0.29, 0.717) is 15.4 Å². The van der Waals surface area contributed by atoms with Crippen molar-refractivity contribution in [2.24, 2.45) is 0 Å². The van der Waals surface area contributed by atoms with Crippen molar-refractivity contribution in [3.8, 4) is 0 Å². The number of sulfone groups is 1. The molecule has 7 nitrogen and oxygen atoms in total. The Hall–Kier alpha value is -3.49. The maximum absolute atomic E-state index is 13.3. The highest BCUT2D eigenvalue weighted by Crippen LogP contribution is 2.25. The van der Waals surface area contributed by atoms with E-state index in [1.807, 2.05) is 6.92 Å². The van der Waals surface area contributed by atoms with Crippen molar-refractivity contribution >= 4 is 38.1 Å². The number of nitrogens with zero attached hydrogens (tertiary/aromatic N) is 2. The lowest BCUT2D eigenvalue weighted by molar-refractivity contribution is -0.116. The zero-order valence-corrected chi connectivity index (χ0v) is 18.5. The molecule has 0 spiro atoms. The van der Waals surface area contributed by atoms with Gasteiger partial charge in [-0.25, -0.2) is 13.8 Å². The Morgan fingerprint density at radius 1 is 0.969 bits per heavy atom. The molecule has 0 aliphatic rings. The fourth-order valence-corrected chi connectivity index (χ4v) is 4.71. The summed E-state index contributed by atoms with van der Waals surface area (Å²) >= 11 is 5.86. The molecule has 32 heavy (non-hydrogen) atoms. The van der Waals surface area contributed by atoms with E-state index < -0.39 is 21.3 Å². The fourth-order valence-electron chi connectivity index (χ4n) is 3.21. The zero-order chi connectivity index (χ0) is 22.9. The minimum Gasteiger partial charge on any atom is -0.273 e. The lowest BCUT2D eigenvalue weighted by atomic mass is 10.1. The Morgan fingerprint density at radius 2 is 1.59 bits per heavy atom. The highest BCUT2D eigenvalue weighted by atomic mass is 35.5. The molecular weight excluding hydrogens is 450 g/mol. The molecule has 9 heteroatoms. The van der Waals surface area contributed by atoms with Crippen LogP contribution in [0.5, 0.6) is 0 Å². The van der Waals surface area contributed by atoms with Gasteiger partial charge in [0, 0.05) is 10.4 Å². The largest absolute Gasteiger partial charge is 0.294 e. The third kappa shape index (κ3) is 4.28. The SMILES string of the molecule is Cc1ccc(S(=O)(=O)c2nn(NC(=O)Cc3ccc(Cl)cc3)c(=O)c3ccccc23)cc1. The topological polar surface area (TPSA) is 98.1 Å². The highest BCUT2D eigenvalue weighted by molar-refractivity contribution is 7.91. The zero-order valence-electron chi connectivity index (χ0n) is 16.9. The molecule has 1 amide bonds. The number of halogens is 1. The molecule has 0 fully saturated rings. The smallest absolute Gasteiger partial charge is 0.273 e. The summed E-state index contributed by atoms with van der Waals surface area (Å²) in [5.74, 6) is -0.532. The Bertz CT molecular complexity index is 1480. The molecule has 0 radical (unpaired) electrons. The summed E-state index contributed by atoms with van der Waals surface area (Å²) in [6, 6.07) is 19.3. The normalized spacial score (nSPS) is 11.4. The van der Waals surface area contributed by atoms with Gasteiger partial charge in [0.05, 0.1) is 16.7 Å². The molecule has 0 saturated heterocycles. The molecule has 1 N–H and O–H groups in total. The minimum absolute atomic E-state index is 0.0402. The van der Waals surface area contributed by atoms with E-state index >= 15 is 0 Å². The molecule has 0 aliphatic carbocycles. The average molecular weight is 468 g/mol. The van der Waals surface area contributed by atoms with Crippen molar-refractivity contribution in [1.29, 1.82) is 0 Å². The summed E-state index contributed by atoms with van der Waals surface area (Å²) in [6.07, 6.45) is -0.0435. The number of aryl methyl sites for hydroxylation is 1. The van der Waals surface area contributed by atoms with Gasteiger partial charge in [-0.3, -0.25) is 9.59 Å². The van der Waals surface area contributed by atoms with Crippen LogP contribution in [-0.4, -0.2) is 24.2 Å². The Balaban J connectivity index is 1.78. The van der Waals surface area contributed by atoms with Gasteiger partial charge in [0.15, 0.2) is 5.03 Å². The van der Waals surface area contributed by atoms with Crippen molar-refractivity contribution in [2.75, 3.05) is 5.43 Å². The number of hydrogen-bond donors (Lipinski definition) is 1. The van der Waals surface area contributed by atoms with Crippen molar-refractivity contribution in [2.45, 2.75) is 23.3 Å². The second kappa shape index (κ2) is 8.57. The van der Waals surface area contributed by atoms with Gasteiger partial charge in [-0.2, -0.15) is 0 Å². The predicted octanol–water partition coefficient (Wildman–Crippen LogP) is 3.50. The van der Waals surface area contributed by atoms with Crippen LogP contribution < -0.4 is 11.0 Å². The van der Waals surface area contributed by atoms with Gasteiger partial charge in [-0.15, -0.1) is 9.89 Å². The molecule has 0 bridgehead atoms. The quantitative estimate of drug-likeness (QED) is 0.484.